The molecule has 1 aliphatic heterocycles. The number of hydrogen-bond acceptors (Lipinski definition) is 6. The number of benzene rings is 3. The summed E-state index contributed by atoms with van der Waals surface area (Å²) in [7, 11) is 0. The Balaban J connectivity index is 1.29. The van der Waals surface area contributed by atoms with Gasteiger partial charge in [0.15, 0.2) is 11.6 Å². The second-order valence-electron chi connectivity index (χ2n) is 10.5. The number of fused-ring (bicyclic) bond motifs is 2. The van der Waals surface area contributed by atoms with Crippen molar-refractivity contribution in [3.8, 4) is 28.7 Å². The highest BCUT2D eigenvalue weighted by Gasteiger charge is 2.32. The SMILES string of the molecule is CC(C)(O)CCOc1ccc(Oc2ccc(F)c3c2CC[C@H]3Oc2ccc3c(c2)OCC3CC(=O)O)c(F)c1. The van der Waals surface area contributed by atoms with Crippen LogP contribution in [0.25, 0.3) is 0 Å². The minimum absolute atomic E-state index is 0.0183. The van der Waals surface area contributed by atoms with Crippen LogP contribution in [0.4, 0.5) is 8.78 Å². The van der Waals surface area contributed by atoms with Crippen LogP contribution in [0.2, 0.25) is 0 Å². The van der Waals surface area contributed by atoms with Gasteiger partial charge in [0, 0.05) is 41.2 Å². The van der Waals surface area contributed by atoms with E-state index in [0.29, 0.717) is 53.4 Å². The maximum atomic E-state index is 15.0. The molecule has 0 radical (unpaired) electrons. The number of carboxylic acid groups (broad SMARTS) is 1. The van der Waals surface area contributed by atoms with Gasteiger partial charge in [0.2, 0.25) is 0 Å². The first-order valence-electron chi connectivity index (χ1n) is 12.9. The summed E-state index contributed by atoms with van der Waals surface area (Å²) in [6.45, 7) is 3.86. The average molecular weight is 541 g/mol. The lowest BCUT2D eigenvalue weighted by molar-refractivity contribution is -0.137. The summed E-state index contributed by atoms with van der Waals surface area (Å²) in [5.41, 5.74) is 0.911. The Kier molecular flexibility index (Phi) is 7.36. The highest BCUT2D eigenvalue weighted by Crippen LogP contribution is 2.44. The van der Waals surface area contributed by atoms with Gasteiger partial charge in [-0.1, -0.05) is 6.07 Å². The third-order valence-electron chi connectivity index (χ3n) is 6.91. The highest BCUT2D eigenvalue weighted by molar-refractivity contribution is 5.68. The molecule has 2 aliphatic rings. The third-order valence-corrected chi connectivity index (χ3v) is 6.91. The molecule has 5 rings (SSSR count). The van der Waals surface area contributed by atoms with Gasteiger partial charge in [-0.05, 0) is 57.0 Å². The summed E-state index contributed by atoms with van der Waals surface area (Å²) in [4.78, 5) is 11.1. The van der Waals surface area contributed by atoms with Crippen molar-refractivity contribution in [1.82, 2.24) is 0 Å². The van der Waals surface area contributed by atoms with Crippen molar-refractivity contribution in [2.24, 2.45) is 0 Å². The summed E-state index contributed by atoms with van der Waals surface area (Å²) in [6, 6.07) is 12.2. The van der Waals surface area contributed by atoms with Gasteiger partial charge < -0.3 is 29.2 Å². The average Bonchev–Trinajstić information content (AvgIpc) is 3.46. The molecule has 1 unspecified atom stereocenters. The molecule has 2 atom stereocenters. The van der Waals surface area contributed by atoms with Gasteiger partial charge in [-0.15, -0.1) is 0 Å². The molecular weight excluding hydrogens is 510 g/mol. The van der Waals surface area contributed by atoms with Crippen LogP contribution in [0.15, 0.2) is 48.5 Å². The molecule has 9 heteroatoms. The smallest absolute Gasteiger partial charge is 0.304 e. The Bertz CT molecular complexity index is 1380. The van der Waals surface area contributed by atoms with Gasteiger partial charge in [-0.25, -0.2) is 8.78 Å². The molecule has 39 heavy (non-hydrogen) atoms. The minimum atomic E-state index is -0.890. The van der Waals surface area contributed by atoms with E-state index in [1.54, 1.807) is 38.1 Å². The molecule has 0 bridgehead atoms. The maximum absolute atomic E-state index is 15.0. The largest absolute Gasteiger partial charge is 0.493 e. The van der Waals surface area contributed by atoms with Gasteiger partial charge in [0.05, 0.1) is 25.2 Å². The van der Waals surface area contributed by atoms with Crippen LogP contribution < -0.4 is 18.9 Å². The standard InChI is InChI=1S/C30H30F2O7/c1-30(2,35)11-12-36-18-4-8-25(23(32)14-18)39-24-10-7-22(31)29-21(24)6-9-26(29)38-19-3-5-20-17(13-28(33)34)16-37-27(20)15-19/h3-5,7-8,10,14-15,17,26,35H,6,9,11-13,16H2,1-2H3,(H,33,34)/t17?,26-/m1/s1. The number of carboxylic acids is 1. The normalized spacial score (nSPS) is 17.8. The monoisotopic (exact) mass is 540 g/mol. The molecule has 0 fully saturated rings. The van der Waals surface area contributed by atoms with Crippen LogP contribution in [0.5, 0.6) is 28.7 Å². The predicted octanol–water partition coefficient (Wildman–Crippen LogP) is 6.31. The molecule has 0 spiro atoms. The van der Waals surface area contributed by atoms with Crippen LogP contribution in [0, 0.1) is 11.6 Å². The maximum Gasteiger partial charge on any atom is 0.304 e. The zero-order valence-electron chi connectivity index (χ0n) is 21.7. The zero-order chi connectivity index (χ0) is 27.7. The molecule has 0 saturated heterocycles. The second-order valence-corrected chi connectivity index (χ2v) is 10.5. The number of carbonyl (C=O) groups is 1. The quantitative estimate of drug-likeness (QED) is 0.311. The van der Waals surface area contributed by atoms with Crippen LogP contribution in [-0.2, 0) is 11.2 Å². The topological polar surface area (TPSA) is 94.5 Å². The molecular formula is C30H30F2O7. The van der Waals surface area contributed by atoms with Gasteiger partial charge in [0.1, 0.15) is 34.9 Å². The third kappa shape index (κ3) is 6.09. The van der Waals surface area contributed by atoms with E-state index >= 15 is 0 Å². The summed E-state index contributed by atoms with van der Waals surface area (Å²) < 4.78 is 52.9. The molecule has 0 saturated carbocycles. The van der Waals surface area contributed by atoms with Gasteiger partial charge in [-0.2, -0.15) is 0 Å². The van der Waals surface area contributed by atoms with Crippen molar-refractivity contribution < 1.29 is 42.7 Å². The van der Waals surface area contributed by atoms with E-state index in [1.807, 2.05) is 0 Å². The van der Waals surface area contributed by atoms with Gasteiger partial charge in [-0.3, -0.25) is 4.79 Å². The Hall–Kier alpha value is -3.85. The Morgan fingerprint density at radius 3 is 2.56 bits per heavy atom. The first-order chi connectivity index (χ1) is 18.6. The molecule has 2 N–H and O–H groups in total. The summed E-state index contributed by atoms with van der Waals surface area (Å²) in [5, 5.41) is 18.9. The van der Waals surface area contributed by atoms with Crippen LogP contribution >= 0.6 is 0 Å². The van der Waals surface area contributed by atoms with E-state index in [2.05, 4.69) is 0 Å². The number of halogens is 2. The van der Waals surface area contributed by atoms with E-state index in [1.165, 1.54) is 24.3 Å². The number of hydrogen-bond donors (Lipinski definition) is 2. The molecule has 3 aromatic carbocycles. The fraction of sp³-hybridized carbons (Fsp3) is 0.367. The van der Waals surface area contributed by atoms with Crippen molar-refractivity contribution in [3.63, 3.8) is 0 Å². The number of rotatable bonds is 10. The Labute approximate surface area is 224 Å². The van der Waals surface area contributed by atoms with Gasteiger partial charge in [0.25, 0.3) is 0 Å². The minimum Gasteiger partial charge on any atom is -0.493 e. The number of aliphatic hydroxyl groups is 1. The predicted molar refractivity (Wildman–Crippen MR) is 138 cm³/mol. The lowest BCUT2D eigenvalue weighted by Gasteiger charge is -2.18. The number of ether oxygens (including phenoxy) is 4. The fourth-order valence-corrected chi connectivity index (χ4v) is 4.92. The molecule has 206 valence electrons. The molecule has 3 aromatic rings. The van der Waals surface area contributed by atoms with E-state index in [-0.39, 0.29) is 31.3 Å². The highest BCUT2D eigenvalue weighted by atomic mass is 19.1. The van der Waals surface area contributed by atoms with Crippen molar-refractivity contribution >= 4 is 5.97 Å². The summed E-state index contributed by atoms with van der Waals surface area (Å²) in [5.74, 6) is -0.473. The summed E-state index contributed by atoms with van der Waals surface area (Å²) in [6.07, 6.45) is 0.781. The molecule has 0 amide bonds. The first kappa shape index (κ1) is 26.7. The lowest BCUT2D eigenvalue weighted by atomic mass is 9.98. The second kappa shape index (κ2) is 10.7. The number of aliphatic carboxylic acids is 1. The van der Waals surface area contributed by atoms with E-state index in [4.69, 9.17) is 24.1 Å². The molecule has 1 aliphatic carbocycles. The van der Waals surface area contributed by atoms with E-state index in [9.17, 15) is 18.7 Å². The Morgan fingerprint density at radius 2 is 1.82 bits per heavy atom. The van der Waals surface area contributed by atoms with Crippen molar-refractivity contribution in [1.29, 1.82) is 0 Å². The van der Waals surface area contributed by atoms with E-state index in [0.717, 1.165) is 5.56 Å². The van der Waals surface area contributed by atoms with E-state index < -0.39 is 29.3 Å². The molecule has 1 heterocycles. The van der Waals surface area contributed by atoms with Crippen LogP contribution in [-0.4, -0.2) is 35.0 Å². The summed E-state index contributed by atoms with van der Waals surface area (Å²) >= 11 is 0. The van der Waals surface area contributed by atoms with Crippen molar-refractivity contribution in [2.75, 3.05) is 13.2 Å². The zero-order valence-corrected chi connectivity index (χ0v) is 21.7. The fourth-order valence-electron chi connectivity index (χ4n) is 4.92. The van der Waals surface area contributed by atoms with Crippen molar-refractivity contribution in [2.45, 2.75) is 57.2 Å². The lowest BCUT2D eigenvalue weighted by Crippen LogP contribution is -2.21. The van der Waals surface area contributed by atoms with Crippen LogP contribution in [0.3, 0.4) is 0 Å². The van der Waals surface area contributed by atoms with Crippen molar-refractivity contribution in [3.05, 3.63) is 76.9 Å². The van der Waals surface area contributed by atoms with Crippen LogP contribution in [0.1, 0.15) is 61.8 Å². The Morgan fingerprint density at radius 1 is 1.05 bits per heavy atom. The first-order valence-corrected chi connectivity index (χ1v) is 12.9. The molecule has 7 nitrogen and oxygen atoms in total. The van der Waals surface area contributed by atoms with Gasteiger partial charge >= 0.3 is 5.97 Å². The molecule has 0 aromatic heterocycles.